The maximum atomic E-state index is 6.25. The first-order chi connectivity index (χ1) is 7.26. The molecule has 0 aromatic heterocycles. The zero-order valence-electron chi connectivity index (χ0n) is 11.0. The molecule has 0 aromatic rings. The number of nitrogens with two attached hydrogens (primary N) is 2. The number of rotatable bonds is 1. The van der Waals surface area contributed by atoms with Gasteiger partial charge in [-0.2, -0.15) is 0 Å². The second-order valence-corrected chi connectivity index (χ2v) is 5.22. The number of hydrogen-bond donors (Lipinski definition) is 3. The molecule has 0 spiro atoms. The summed E-state index contributed by atoms with van der Waals surface area (Å²) < 4.78 is 0. The molecule has 0 saturated carbocycles. The summed E-state index contributed by atoms with van der Waals surface area (Å²) in [5, 5.41) is 3.47. The monoisotopic (exact) mass is 222 g/mol. The lowest BCUT2D eigenvalue weighted by molar-refractivity contribution is 0.303. The van der Waals surface area contributed by atoms with Crippen molar-refractivity contribution in [2.45, 2.75) is 33.7 Å². The van der Waals surface area contributed by atoms with Gasteiger partial charge in [-0.15, -0.1) is 0 Å². The summed E-state index contributed by atoms with van der Waals surface area (Å²) in [5.41, 5.74) is 9.12. The molecule has 0 fully saturated rings. The molecule has 1 rings (SSSR count). The van der Waals surface area contributed by atoms with Crippen LogP contribution in [0.25, 0.3) is 0 Å². The van der Waals surface area contributed by atoms with Gasteiger partial charge in [-0.1, -0.05) is 19.4 Å². The summed E-state index contributed by atoms with van der Waals surface area (Å²) in [5.74, 6) is 5.84. The van der Waals surface area contributed by atoms with Gasteiger partial charge in [0.2, 0.25) is 7.98 Å². The van der Waals surface area contributed by atoms with Crippen molar-refractivity contribution in [3.8, 4) is 0 Å². The van der Waals surface area contributed by atoms with Crippen molar-refractivity contribution in [3.05, 3.63) is 23.0 Å². The van der Waals surface area contributed by atoms with Crippen molar-refractivity contribution in [1.29, 1.82) is 0 Å². The third-order valence-electron chi connectivity index (χ3n) is 3.50. The predicted molar refractivity (Wildman–Crippen MR) is 70.8 cm³/mol. The van der Waals surface area contributed by atoms with Crippen molar-refractivity contribution in [2.75, 3.05) is 6.54 Å². The Kier molecular flexibility index (Phi) is 3.70. The number of nitrogens with one attached hydrogen (secondary N) is 1. The molecule has 0 aliphatic carbocycles. The lowest BCUT2D eigenvalue weighted by Crippen LogP contribution is -2.46. The smallest absolute Gasteiger partial charge is 0.239 e. The summed E-state index contributed by atoms with van der Waals surface area (Å²) >= 11 is 0. The Morgan fingerprint density at radius 2 is 2.12 bits per heavy atom. The van der Waals surface area contributed by atoms with E-state index in [2.05, 4.69) is 39.1 Å². The topological polar surface area (TPSA) is 67.3 Å². The van der Waals surface area contributed by atoms with Crippen molar-refractivity contribution in [2.24, 2.45) is 17.0 Å². The molecule has 0 radical (unpaired) electrons. The van der Waals surface area contributed by atoms with Crippen LogP contribution in [0.5, 0.6) is 0 Å². The molecule has 1 aliphatic rings. The second kappa shape index (κ2) is 4.51. The minimum atomic E-state index is -0.111. The standard InChI is InChI=1S/C11H23BN4/c1-7-5-9(16(12)14)10(13)11(3,4)8(2)15-6-7/h5,8,15H,6,12-14H2,1-4H3/b7-5-,10-9-. The molecule has 4 nitrogen and oxygen atoms in total. The van der Waals surface area contributed by atoms with Gasteiger partial charge < -0.3 is 16.0 Å². The van der Waals surface area contributed by atoms with E-state index in [1.54, 1.807) is 4.92 Å². The van der Waals surface area contributed by atoms with E-state index in [-0.39, 0.29) is 5.41 Å². The molecule has 1 aliphatic heterocycles. The first kappa shape index (κ1) is 13.1. The van der Waals surface area contributed by atoms with Crippen molar-refractivity contribution < 1.29 is 0 Å². The molecule has 1 unspecified atom stereocenters. The molecule has 0 aromatic carbocycles. The molecule has 0 saturated heterocycles. The molecular formula is C11H23BN4. The first-order valence-corrected chi connectivity index (χ1v) is 5.66. The highest BCUT2D eigenvalue weighted by atomic mass is 15.3. The highest BCUT2D eigenvalue weighted by Gasteiger charge is 2.31. The zero-order chi connectivity index (χ0) is 12.5. The van der Waals surface area contributed by atoms with Crippen LogP contribution in [0.4, 0.5) is 0 Å². The van der Waals surface area contributed by atoms with Crippen molar-refractivity contribution >= 4 is 7.98 Å². The minimum absolute atomic E-state index is 0.111. The normalized spacial score (nSPS) is 33.6. The summed E-state index contributed by atoms with van der Waals surface area (Å²) in [6.07, 6.45) is 2.05. The van der Waals surface area contributed by atoms with Gasteiger partial charge in [-0.3, -0.25) is 5.84 Å². The Bertz CT molecular complexity index is 331. The molecule has 5 N–H and O–H groups in total. The Morgan fingerprint density at radius 3 is 2.62 bits per heavy atom. The van der Waals surface area contributed by atoms with E-state index in [9.17, 15) is 0 Å². The largest absolute Gasteiger partial charge is 0.400 e. The van der Waals surface area contributed by atoms with Crippen LogP contribution in [-0.4, -0.2) is 25.5 Å². The fraction of sp³-hybridized carbons (Fsp3) is 0.636. The average Bonchev–Trinajstić information content (AvgIpc) is 2.19. The van der Waals surface area contributed by atoms with Gasteiger partial charge in [0.05, 0.1) is 5.70 Å². The third kappa shape index (κ3) is 2.41. The van der Waals surface area contributed by atoms with Crippen LogP contribution in [-0.2, 0) is 0 Å². The van der Waals surface area contributed by atoms with E-state index in [1.165, 1.54) is 5.57 Å². The molecule has 5 heteroatoms. The predicted octanol–water partition coefficient (Wildman–Crippen LogP) is -0.155. The molecule has 16 heavy (non-hydrogen) atoms. The number of nitrogens with zero attached hydrogens (tertiary/aromatic N) is 1. The molecule has 1 atom stereocenters. The molecule has 0 bridgehead atoms. The lowest BCUT2D eigenvalue weighted by atomic mass is 9.80. The van der Waals surface area contributed by atoms with Crippen LogP contribution < -0.4 is 16.9 Å². The van der Waals surface area contributed by atoms with Crippen LogP contribution in [0, 0.1) is 5.41 Å². The Balaban J connectivity index is 3.29. The summed E-state index contributed by atoms with van der Waals surface area (Å²) in [7, 11) is 1.82. The fourth-order valence-electron chi connectivity index (χ4n) is 1.79. The van der Waals surface area contributed by atoms with E-state index in [4.69, 9.17) is 11.6 Å². The van der Waals surface area contributed by atoms with Gasteiger partial charge in [0, 0.05) is 23.7 Å². The highest BCUT2D eigenvalue weighted by molar-refractivity contribution is 6.05. The first-order valence-electron chi connectivity index (χ1n) is 5.66. The van der Waals surface area contributed by atoms with E-state index in [0.29, 0.717) is 6.04 Å². The van der Waals surface area contributed by atoms with Gasteiger partial charge in [-0.25, -0.2) is 0 Å². The molecule has 0 amide bonds. The van der Waals surface area contributed by atoms with E-state index in [1.807, 2.05) is 7.98 Å². The second-order valence-electron chi connectivity index (χ2n) is 5.22. The lowest BCUT2D eigenvalue weighted by Gasteiger charge is -2.37. The molecular weight excluding hydrogens is 199 g/mol. The number of hydrazine groups is 1. The van der Waals surface area contributed by atoms with Crippen LogP contribution in [0.1, 0.15) is 27.7 Å². The Morgan fingerprint density at radius 1 is 1.56 bits per heavy atom. The maximum absolute atomic E-state index is 6.25. The van der Waals surface area contributed by atoms with Crippen LogP contribution >= 0.6 is 0 Å². The van der Waals surface area contributed by atoms with Crippen LogP contribution in [0.15, 0.2) is 23.0 Å². The summed E-state index contributed by atoms with van der Waals surface area (Å²) in [6, 6.07) is 0.311. The van der Waals surface area contributed by atoms with E-state index in [0.717, 1.165) is 17.9 Å². The van der Waals surface area contributed by atoms with E-state index < -0.39 is 0 Å². The number of allylic oxidation sites excluding steroid dienone is 1. The van der Waals surface area contributed by atoms with Gasteiger partial charge >= 0.3 is 0 Å². The van der Waals surface area contributed by atoms with Gasteiger partial charge in [-0.05, 0) is 19.9 Å². The quantitative estimate of drug-likeness (QED) is 0.328. The van der Waals surface area contributed by atoms with Crippen LogP contribution in [0.2, 0.25) is 0 Å². The fourth-order valence-corrected chi connectivity index (χ4v) is 1.79. The van der Waals surface area contributed by atoms with E-state index >= 15 is 0 Å². The molecule has 1 heterocycles. The Labute approximate surface area is 99.1 Å². The third-order valence-corrected chi connectivity index (χ3v) is 3.50. The zero-order valence-corrected chi connectivity index (χ0v) is 11.0. The van der Waals surface area contributed by atoms with Crippen LogP contribution in [0.3, 0.4) is 0 Å². The van der Waals surface area contributed by atoms with Gasteiger partial charge in [0.1, 0.15) is 0 Å². The van der Waals surface area contributed by atoms with Gasteiger partial charge in [0.25, 0.3) is 0 Å². The molecule has 90 valence electrons. The average molecular weight is 222 g/mol. The summed E-state index contributed by atoms with van der Waals surface area (Å²) in [4.78, 5) is 1.60. The maximum Gasteiger partial charge on any atom is 0.239 e. The highest BCUT2D eigenvalue weighted by Crippen LogP contribution is 2.31. The van der Waals surface area contributed by atoms with Crippen molar-refractivity contribution in [3.63, 3.8) is 0 Å². The minimum Gasteiger partial charge on any atom is -0.400 e. The Hall–Kier alpha value is -0.935. The number of hydrogen-bond acceptors (Lipinski definition) is 4. The van der Waals surface area contributed by atoms with Crippen molar-refractivity contribution in [1.82, 2.24) is 10.2 Å². The SMILES string of the molecule is BN(N)C1=C(\N)C(C)(C)C(C)NC/C(C)=C\1. The van der Waals surface area contributed by atoms with Gasteiger partial charge in [0.15, 0.2) is 0 Å². The summed E-state index contributed by atoms with van der Waals surface area (Å²) in [6.45, 7) is 9.37.